The Balaban J connectivity index is 1.61. The number of aromatic amines is 2. The van der Waals surface area contributed by atoms with Crippen molar-refractivity contribution in [3.05, 3.63) is 52.5 Å². The van der Waals surface area contributed by atoms with Crippen molar-refractivity contribution < 1.29 is 4.79 Å². The van der Waals surface area contributed by atoms with Gasteiger partial charge in [-0.05, 0) is 38.8 Å². The van der Waals surface area contributed by atoms with Crippen LogP contribution >= 0.6 is 0 Å². The van der Waals surface area contributed by atoms with Gasteiger partial charge in [0.1, 0.15) is 0 Å². The first-order valence-corrected chi connectivity index (χ1v) is 7.96. The number of hydrogen-bond donors (Lipinski definition) is 3. The Morgan fingerprint density at radius 1 is 1.25 bits per heavy atom. The standard InChI is InChI=1S/C18H21N5O/c1-11-16(15-6-4-5-7-17(15)20-11)10-19-23-18(24)9-8-14-12(2)21-22-13(14)3/h4-7,10,20H,8-9H2,1-3H3,(H,21,22)(H,23,24)/b19-10-. The van der Waals surface area contributed by atoms with Gasteiger partial charge in [-0.3, -0.25) is 9.89 Å². The summed E-state index contributed by atoms with van der Waals surface area (Å²) in [5.74, 6) is -0.108. The molecule has 0 aliphatic heterocycles. The molecular weight excluding hydrogens is 302 g/mol. The first kappa shape index (κ1) is 16.0. The molecule has 24 heavy (non-hydrogen) atoms. The number of benzene rings is 1. The van der Waals surface area contributed by atoms with Crippen LogP contribution in [-0.2, 0) is 11.2 Å². The van der Waals surface area contributed by atoms with Crippen molar-refractivity contribution in [1.29, 1.82) is 0 Å². The lowest BCUT2D eigenvalue weighted by molar-refractivity contribution is -0.121. The summed E-state index contributed by atoms with van der Waals surface area (Å²) in [6.07, 6.45) is 2.73. The highest BCUT2D eigenvalue weighted by Gasteiger charge is 2.09. The summed E-state index contributed by atoms with van der Waals surface area (Å²) in [5.41, 5.74) is 8.74. The van der Waals surface area contributed by atoms with E-state index < -0.39 is 0 Å². The number of carbonyl (C=O) groups is 1. The van der Waals surface area contributed by atoms with Crippen molar-refractivity contribution >= 4 is 23.0 Å². The topological polar surface area (TPSA) is 85.9 Å². The zero-order valence-electron chi connectivity index (χ0n) is 14.1. The third-order valence-electron chi connectivity index (χ3n) is 4.21. The third-order valence-corrected chi connectivity index (χ3v) is 4.21. The van der Waals surface area contributed by atoms with E-state index in [2.05, 4.69) is 25.7 Å². The first-order chi connectivity index (χ1) is 11.6. The largest absolute Gasteiger partial charge is 0.358 e. The molecular formula is C18H21N5O. The minimum atomic E-state index is -0.108. The minimum Gasteiger partial charge on any atom is -0.358 e. The molecule has 0 fully saturated rings. The van der Waals surface area contributed by atoms with Gasteiger partial charge in [0, 0.05) is 34.3 Å². The van der Waals surface area contributed by atoms with Gasteiger partial charge in [-0.1, -0.05) is 18.2 Å². The maximum atomic E-state index is 12.0. The van der Waals surface area contributed by atoms with E-state index in [4.69, 9.17) is 0 Å². The van der Waals surface area contributed by atoms with E-state index >= 15 is 0 Å². The molecule has 1 amide bonds. The fourth-order valence-electron chi connectivity index (χ4n) is 2.87. The second-order valence-corrected chi connectivity index (χ2v) is 5.92. The van der Waals surface area contributed by atoms with Crippen molar-refractivity contribution in [2.45, 2.75) is 33.6 Å². The zero-order valence-corrected chi connectivity index (χ0v) is 14.1. The molecule has 0 aliphatic rings. The molecule has 0 aliphatic carbocycles. The number of rotatable bonds is 5. The number of amides is 1. The van der Waals surface area contributed by atoms with Gasteiger partial charge in [0.05, 0.1) is 11.9 Å². The average molecular weight is 323 g/mol. The van der Waals surface area contributed by atoms with Gasteiger partial charge in [-0.2, -0.15) is 10.2 Å². The molecule has 2 heterocycles. The van der Waals surface area contributed by atoms with E-state index in [1.54, 1.807) is 6.21 Å². The number of carbonyl (C=O) groups excluding carboxylic acids is 1. The molecule has 6 heteroatoms. The van der Waals surface area contributed by atoms with E-state index in [1.807, 2.05) is 45.0 Å². The summed E-state index contributed by atoms with van der Waals surface area (Å²) in [5, 5.41) is 12.3. The number of H-pyrrole nitrogens is 2. The highest BCUT2D eigenvalue weighted by Crippen LogP contribution is 2.19. The second-order valence-electron chi connectivity index (χ2n) is 5.92. The van der Waals surface area contributed by atoms with Crippen LogP contribution in [0.4, 0.5) is 0 Å². The molecule has 0 radical (unpaired) electrons. The molecule has 1 aromatic carbocycles. The summed E-state index contributed by atoms with van der Waals surface area (Å²) in [4.78, 5) is 15.3. The SMILES string of the molecule is Cc1n[nH]c(C)c1CCC(=O)N/N=C\c1c(C)[nH]c2ccccc12. The van der Waals surface area contributed by atoms with Crippen molar-refractivity contribution in [2.75, 3.05) is 0 Å². The predicted octanol–water partition coefficient (Wildman–Crippen LogP) is 2.90. The number of hydrogen-bond acceptors (Lipinski definition) is 3. The quantitative estimate of drug-likeness (QED) is 0.498. The van der Waals surface area contributed by atoms with Crippen LogP contribution in [0.3, 0.4) is 0 Å². The molecule has 0 saturated heterocycles. The number of para-hydroxylation sites is 1. The van der Waals surface area contributed by atoms with Crippen molar-refractivity contribution in [2.24, 2.45) is 5.10 Å². The van der Waals surface area contributed by atoms with E-state index in [0.717, 1.165) is 39.1 Å². The van der Waals surface area contributed by atoms with Crippen molar-refractivity contribution in [3.63, 3.8) is 0 Å². The van der Waals surface area contributed by atoms with Crippen LogP contribution < -0.4 is 5.43 Å². The lowest BCUT2D eigenvalue weighted by Gasteiger charge is -2.01. The number of aromatic nitrogens is 3. The Bertz CT molecular complexity index is 884. The lowest BCUT2D eigenvalue weighted by Crippen LogP contribution is -2.18. The lowest BCUT2D eigenvalue weighted by atomic mass is 10.1. The van der Waals surface area contributed by atoms with Crippen LogP contribution in [0.2, 0.25) is 0 Å². The molecule has 0 saturated carbocycles. The normalized spacial score (nSPS) is 11.5. The van der Waals surface area contributed by atoms with Crippen LogP contribution in [-0.4, -0.2) is 27.3 Å². The maximum absolute atomic E-state index is 12.0. The number of hydrazone groups is 1. The molecule has 0 unspecified atom stereocenters. The average Bonchev–Trinajstić information content (AvgIpc) is 3.05. The highest BCUT2D eigenvalue weighted by atomic mass is 16.2. The number of nitrogens with zero attached hydrogens (tertiary/aromatic N) is 2. The van der Waals surface area contributed by atoms with Crippen LogP contribution in [0.25, 0.3) is 10.9 Å². The maximum Gasteiger partial charge on any atom is 0.240 e. The molecule has 124 valence electrons. The van der Waals surface area contributed by atoms with Gasteiger partial charge in [0.15, 0.2) is 0 Å². The predicted molar refractivity (Wildman–Crippen MR) is 95.2 cm³/mol. The van der Waals surface area contributed by atoms with Gasteiger partial charge in [0.25, 0.3) is 0 Å². The van der Waals surface area contributed by atoms with Gasteiger partial charge in [0.2, 0.25) is 5.91 Å². The monoisotopic (exact) mass is 323 g/mol. The summed E-state index contributed by atoms with van der Waals surface area (Å²) >= 11 is 0. The van der Waals surface area contributed by atoms with E-state index in [0.29, 0.717) is 12.8 Å². The molecule has 6 nitrogen and oxygen atoms in total. The van der Waals surface area contributed by atoms with Gasteiger partial charge >= 0.3 is 0 Å². The van der Waals surface area contributed by atoms with Crippen LogP contribution in [0, 0.1) is 20.8 Å². The summed E-state index contributed by atoms with van der Waals surface area (Å²) in [7, 11) is 0. The Labute approximate surface area is 140 Å². The van der Waals surface area contributed by atoms with Gasteiger partial charge < -0.3 is 4.98 Å². The van der Waals surface area contributed by atoms with Crippen LogP contribution in [0.1, 0.15) is 34.6 Å². The zero-order chi connectivity index (χ0) is 17.1. The Kier molecular flexibility index (Phi) is 4.46. The molecule has 0 spiro atoms. The van der Waals surface area contributed by atoms with Gasteiger partial charge in [-0.15, -0.1) is 0 Å². The van der Waals surface area contributed by atoms with Crippen LogP contribution in [0.15, 0.2) is 29.4 Å². The summed E-state index contributed by atoms with van der Waals surface area (Å²) in [6.45, 7) is 5.90. The fraction of sp³-hybridized carbons (Fsp3) is 0.278. The van der Waals surface area contributed by atoms with E-state index in [-0.39, 0.29) is 5.91 Å². The van der Waals surface area contributed by atoms with Crippen molar-refractivity contribution in [3.8, 4) is 0 Å². The Morgan fingerprint density at radius 2 is 2.04 bits per heavy atom. The second kappa shape index (κ2) is 6.70. The Morgan fingerprint density at radius 3 is 2.79 bits per heavy atom. The van der Waals surface area contributed by atoms with E-state index in [1.165, 1.54) is 0 Å². The van der Waals surface area contributed by atoms with Gasteiger partial charge in [-0.25, -0.2) is 5.43 Å². The van der Waals surface area contributed by atoms with Crippen molar-refractivity contribution in [1.82, 2.24) is 20.6 Å². The molecule has 3 rings (SSSR count). The van der Waals surface area contributed by atoms with E-state index in [9.17, 15) is 4.79 Å². The molecule has 0 atom stereocenters. The Hall–Kier alpha value is -2.89. The summed E-state index contributed by atoms with van der Waals surface area (Å²) in [6, 6.07) is 8.03. The minimum absolute atomic E-state index is 0.108. The number of nitrogens with one attached hydrogen (secondary N) is 3. The molecule has 2 aromatic heterocycles. The smallest absolute Gasteiger partial charge is 0.240 e. The number of fused-ring (bicyclic) bond motifs is 1. The molecule has 3 N–H and O–H groups in total. The molecule has 0 bridgehead atoms. The molecule has 3 aromatic rings. The fourth-order valence-corrected chi connectivity index (χ4v) is 2.87. The third kappa shape index (κ3) is 3.22. The highest BCUT2D eigenvalue weighted by molar-refractivity contribution is 6.00. The first-order valence-electron chi connectivity index (χ1n) is 7.96. The number of aryl methyl sites for hydroxylation is 3. The van der Waals surface area contributed by atoms with Crippen LogP contribution in [0.5, 0.6) is 0 Å². The summed E-state index contributed by atoms with van der Waals surface area (Å²) < 4.78 is 0.